The van der Waals surface area contributed by atoms with Crippen LogP contribution in [0.2, 0.25) is 0 Å². The van der Waals surface area contributed by atoms with Gasteiger partial charge < -0.3 is 11.1 Å². The van der Waals surface area contributed by atoms with Crippen LogP contribution >= 0.6 is 15.9 Å². The van der Waals surface area contributed by atoms with Crippen molar-refractivity contribution in [2.75, 3.05) is 11.1 Å². The van der Waals surface area contributed by atoms with E-state index in [1.165, 1.54) is 12.8 Å². The van der Waals surface area contributed by atoms with Gasteiger partial charge in [-0.2, -0.15) is 10.1 Å². The van der Waals surface area contributed by atoms with Gasteiger partial charge in [-0.05, 0) is 28.8 Å². The average molecular weight is 295 g/mol. The molecule has 2 aromatic heterocycles. The minimum Gasteiger partial charge on any atom is -0.368 e. The number of hydrogen-bond acceptors (Lipinski definition) is 5. The highest BCUT2D eigenvalue weighted by atomic mass is 79.9. The molecule has 0 amide bonds. The maximum atomic E-state index is 5.54. The van der Waals surface area contributed by atoms with Crippen LogP contribution < -0.4 is 11.1 Å². The van der Waals surface area contributed by atoms with Gasteiger partial charge in [-0.1, -0.05) is 0 Å². The summed E-state index contributed by atoms with van der Waals surface area (Å²) < 4.78 is 0.759. The Morgan fingerprint density at radius 2 is 2.29 bits per heavy atom. The number of aromatic nitrogens is 4. The molecule has 0 aromatic carbocycles. The number of aromatic amines is 1. The highest BCUT2D eigenvalue weighted by molar-refractivity contribution is 9.10. The van der Waals surface area contributed by atoms with Crippen molar-refractivity contribution in [3.05, 3.63) is 22.4 Å². The Labute approximate surface area is 106 Å². The van der Waals surface area contributed by atoms with E-state index in [2.05, 4.69) is 41.4 Å². The Morgan fingerprint density at radius 3 is 3.06 bits per heavy atom. The molecule has 1 aliphatic carbocycles. The minimum absolute atomic E-state index is 0.234. The predicted molar refractivity (Wildman–Crippen MR) is 68.0 cm³/mol. The molecule has 0 radical (unpaired) electrons. The molecule has 17 heavy (non-hydrogen) atoms. The van der Waals surface area contributed by atoms with E-state index in [-0.39, 0.29) is 5.95 Å². The van der Waals surface area contributed by atoms with Crippen LogP contribution in [-0.4, -0.2) is 20.2 Å². The Kier molecular flexibility index (Phi) is 2.47. The van der Waals surface area contributed by atoms with Gasteiger partial charge in [0.05, 0.1) is 10.2 Å². The molecule has 0 bridgehead atoms. The molecule has 2 aromatic rings. The summed E-state index contributed by atoms with van der Waals surface area (Å²) in [4.78, 5) is 7.98. The number of nitrogens with two attached hydrogens (primary N) is 1. The molecule has 0 spiro atoms. The Bertz CT molecular complexity index is 547. The predicted octanol–water partition coefficient (Wildman–Crippen LogP) is 2.17. The SMILES string of the molecule is Nc1ncc(Br)c(Nc2cc(C3CC3)n[nH]2)n1. The van der Waals surface area contributed by atoms with Crippen molar-refractivity contribution in [1.82, 2.24) is 20.2 Å². The maximum absolute atomic E-state index is 5.54. The van der Waals surface area contributed by atoms with Gasteiger partial charge in [0.15, 0.2) is 5.82 Å². The molecule has 2 heterocycles. The van der Waals surface area contributed by atoms with E-state index in [1.54, 1.807) is 6.20 Å². The Balaban J connectivity index is 1.82. The second-order valence-corrected chi connectivity index (χ2v) is 4.88. The van der Waals surface area contributed by atoms with Gasteiger partial charge in [-0.15, -0.1) is 0 Å². The third-order valence-corrected chi connectivity index (χ3v) is 3.19. The second-order valence-electron chi connectivity index (χ2n) is 4.03. The van der Waals surface area contributed by atoms with Gasteiger partial charge in [0.2, 0.25) is 5.95 Å². The Morgan fingerprint density at radius 1 is 1.47 bits per heavy atom. The fourth-order valence-electron chi connectivity index (χ4n) is 1.59. The van der Waals surface area contributed by atoms with E-state index in [1.807, 2.05) is 6.07 Å². The lowest BCUT2D eigenvalue weighted by Gasteiger charge is -2.04. The highest BCUT2D eigenvalue weighted by Crippen LogP contribution is 2.39. The lowest BCUT2D eigenvalue weighted by molar-refractivity contribution is 0.966. The first kappa shape index (κ1) is 10.5. The standard InChI is InChI=1S/C10H11BrN6/c11-6-4-13-10(12)15-9(6)14-8-3-7(16-17-8)5-1-2-5/h3-5H,1-2H2,(H4,12,13,14,15,16,17). The first-order valence-electron chi connectivity index (χ1n) is 5.33. The van der Waals surface area contributed by atoms with Crippen molar-refractivity contribution >= 4 is 33.5 Å². The number of rotatable bonds is 3. The van der Waals surface area contributed by atoms with Crippen molar-refractivity contribution in [3.63, 3.8) is 0 Å². The topological polar surface area (TPSA) is 92.5 Å². The summed E-state index contributed by atoms with van der Waals surface area (Å²) in [5, 5.41) is 10.3. The zero-order valence-corrected chi connectivity index (χ0v) is 10.5. The molecule has 0 unspecified atom stereocenters. The molecule has 1 saturated carbocycles. The summed E-state index contributed by atoms with van der Waals surface area (Å²) in [5.41, 5.74) is 6.64. The molecule has 0 saturated heterocycles. The van der Waals surface area contributed by atoms with Gasteiger partial charge in [-0.3, -0.25) is 5.10 Å². The van der Waals surface area contributed by atoms with Crippen molar-refractivity contribution in [2.45, 2.75) is 18.8 Å². The average Bonchev–Trinajstić information content (AvgIpc) is 3.05. The van der Waals surface area contributed by atoms with Gasteiger partial charge in [0.1, 0.15) is 5.82 Å². The molecule has 1 fully saturated rings. The number of nitrogens with one attached hydrogen (secondary N) is 2. The summed E-state index contributed by atoms with van der Waals surface area (Å²) in [6.45, 7) is 0. The summed E-state index contributed by atoms with van der Waals surface area (Å²) in [6, 6.07) is 2.00. The second kappa shape index (κ2) is 3.99. The minimum atomic E-state index is 0.234. The smallest absolute Gasteiger partial charge is 0.222 e. The zero-order valence-electron chi connectivity index (χ0n) is 8.94. The zero-order chi connectivity index (χ0) is 11.8. The number of nitrogens with zero attached hydrogens (tertiary/aromatic N) is 3. The van der Waals surface area contributed by atoms with Crippen LogP contribution in [0.25, 0.3) is 0 Å². The molecule has 4 N–H and O–H groups in total. The summed E-state index contributed by atoms with van der Waals surface area (Å²) in [6.07, 6.45) is 4.08. The first-order valence-corrected chi connectivity index (χ1v) is 6.12. The van der Waals surface area contributed by atoms with Crippen molar-refractivity contribution in [2.24, 2.45) is 0 Å². The lowest BCUT2D eigenvalue weighted by Crippen LogP contribution is -2.00. The maximum Gasteiger partial charge on any atom is 0.222 e. The van der Waals surface area contributed by atoms with E-state index in [0.717, 1.165) is 16.0 Å². The van der Waals surface area contributed by atoms with Crippen molar-refractivity contribution in [1.29, 1.82) is 0 Å². The van der Waals surface area contributed by atoms with Crippen molar-refractivity contribution < 1.29 is 0 Å². The molecule has 1 aliphatic rings. The summed E-state index contributed by atoms with van der Waals surface area (Å²) in [7, 11) is 0. The number of halogens is 1. The lowest BCUT2D eigenvalue weighted by atomic mass is 10.3. The highest BCUT2D eigenvalue weighted by Gasteiger charge is 2.26. The number of anilines is 3. The molecule has 7 heteroatoms. The Hall–Kier alpha value is -1.63. The van der Waals surface area contributed by atoms with E-state index in [4.69, 9.17) is 5.73 Å². The van der Waals surface area contributed by atoms with Gasteiger partial charge in [0, 0.05) is 18.2 Å². The molecule has 0 aliphatic heterocycles. The van der Waals surface area contributed by atoms with Crippen LogP contribution in [0.1, 0.15) is 24.5 Å². The van der Waals surface area contributed by atoms with Crippen LogP contribution in [0.4, 0.5) is 17.6 Å². The van der Waals surface area contributed by atoms with Crippen LogP contribution in [0, 0.1) is 0 Å². The van der Waals surface area contributed by atoms with Crippen molar-refractivity contribution in [3.8, 4) is 0 Å². The van der Waals surface area contributed by atoms with Gasteiger partial charge in [0.25, 0.3) is 0 Å². The number of H-pyrrole nitrogens is 1. The first-order chi connectivity index (χ1) is 8.22. The number of nitrogen functional groups attached to an aromatic ring is 1. The van der Waals surface area contributed by atoms with Crippen LogP contribution in [0.3, 0.4) is 0 Å². The van der Waals surface area contributed by atoms with Crippen LogP contribution in [-0.2, 0) is 0 Å². The van der Waals surface area contributed by atoms with Crippen LogP contribution in [0.15, 0.2) is 16.7 Å². The quantitative estimate of drug-likeness (QED) is 0.807. The third kappa shape index (κ3) is 2.23. The molecule has 0 atom stereocenters. The summed E-state index contributed by atoms with van der Waals surface area (Å²) >= 11 is 3.36. The molecular formula is C10H11BrN6. The van der Waals surface area contributed by atoms with Gasteiger partial charge >= 0.3 is 0 Å². The monoisotopic (exact) mass is 294 g/mol. The van der Waals surface area contributed by atoms with E-state index in [9.17, 15) is 0 Å². The number of hydrogen-bond donors (Lipinski definition) is 3. The molecule has 88 valence electrons. The normalized spacial score (nSPS) is 14.9. The van der Waals surface area contributed by atoms with Crippen LogP contribution in [0.5, 0.6) is 0 Å². The van der Waals surface area contributed by atoms with E-state index >= 15 is 0 Å². The third-order valence-electron chi connectivity index (χ3n) is 2.61. The van der Waals surface area contributed by atoms with Gasteiger partial charge in [-0.25, -0.2) is 4.98 Å². The van der Waals surface area contributed by atoms with E-state index < -0.39 is 0 Å². The van der Waals surface area contributed by atoms with E-state index in [0.29, 0.717) is 11.7 Å². The molecular weight excluding hydrogens is 284 g/mol. The summed E-state index contributed by atoms with van der Waals surface area (Å²) in [5.74, 6) is 2.30. The fourth-order valence-corrected chi connectivity index (χ4v) is 1.88. The largest absolute Gasteiger partial charge is 0.368 e. The molecule has 3 rings (SSSR count). The molecule has 6 nitrogen and oxygen atoms in total. The fraction of sp³-hybridized carbons (Fsp3) is 0.300.